The number of thioether (sulfide) groups is 1. The molecule has 3 heterocycles. The summed E-state index contributed by atoms with van der Waals surface area (Å²) in [7, 11) is 0. The van der Waals surface area contributed by atoms with Crippen LogP contribution in [0, 0.1) is 0 Å². The van der Waals surface area contributed by atoms with E-state index >= 15 is 0 Å². The van der Waals surface area contributed by atoms with Crippen molar-refractivity contribution in [3.05, 3.63) is 0 Å². The Kier molecular flexibility index (Phi) is 5.77. The van der Waals surface area contributed by atoms with Gasteiger partial charge in [-0.25, -0.2) is 0 Å². The van der Waals surface area contributed by atoms with Gasteiger partial charge in [-0.05, 0) is 39.0 Å². The molecule has 5 nitrogen and oxygen atoms in total. The molecule has 3 atom stereocenters. The summed E-state index contributed by atoms with van der Waals surface area (Å²) in [6.07, 6.45) is 9.83. The summed E-state index contributed by atoms with van der Waals surface area (Å²) in [5.74, 6) is 3.57. The first-order chi connectivity index (χ1) is 12.3. The van der Waals surface area contributed by atoms with Crippen molar-refractivity contribution < 1.29 is 4.74 Å². The van der Waals surface area contributed by atoms with Gasteiger partial charge < -0.3 is 15.4 Å². The lowest BCUT2D eigenvalue weighted by atomic mass is 9.94. The Morgan fingerprint density at radius 1 is 1.24 bits per heavy atom. The Morgan fingerprint density at radius 2 is 2.04 bits per heavy atom. The molecule has 1 aliphatic carbocycles. The lowest BCUT2D eigenvalue weighted by Crippen LogP contribution is -2.53. The molecule has 0 aromatic carbocycles. The Hall–Kier alpha value is -0.460. The summed E-state index contributed by atoms with van der Waals surface area (Å²) in [6.45, 7) is 6.49. The van der Waals surface area contributed by atoms with E-state index < -0.39 is 0 Å². The molecule has 2 N–H and O–H groups in total. The SMILES string of the molecule is CCNC(=NCC1(N2CCSCC2)CCCC1)NC1CC2CCC1O2. The lowest BCUT2D eigenvalue weighted by molar-refractivity contribution is 0.0991. The Bertz CT molecular complexity index is 474. The van der Waals surface area contributed by atoms with Crippen molar-refractivity contribution in [1.29, 1.82) is 0 Å². The molecule has 0 radical (unpaired) electrons. The molecule has 0 amide bonds. The lowest BCUT2D eigenvalue weighted by Gasteiger charge is -2.42. The standard InChI is InChI=1S/C19H34N4OS/c1-2-20-18(22-16-13-15-5-6-17(16)24-15)21-14-19(7-3-4-8-19)23-9-11-25-12-10-23/h15-17H,2-14H2,1H3,(H2,20,21,22). The van der Waals surface area contributed by atoms with Gasteiger partial charge in [-0.2, -0.15) is 11.8 Å². The van der Waals surface area contributed by atoms with Gasteiger partial charge in [0.25, 0.3) is 0 Å². The maximum absolute atomic E-state index is 6.00. The Labute approximate surface area is 156 Å². The molecule has 0 aromatic heterocycles. The summed E-state index contributed by atoms with van der Waals surface area (Å²) < 4.78 is 6.00. The van der Waals surface area contributed by atoms with Crippen molar-refractivity contribution in [2.75, 3.05) is 37.7 Å². The normalized spacial score (nSPS) is 35.2. The number of hydrogen-bond donors (Lipinski definition) is 2. The zero-order chi connectivity index (χ0) is 17.1. The molecule has 0 spiro atoms. The molecule has 3 aliphatic heterocycles. The van der Waals surface area contributed by atoms with Crippen molar-refractivity contribution in [2.24, 2.45) is 4.99 Å². The molecule has 2 bridgehead atoms. The second-order valence-electron chi connectivity index (χ2n) is 8.09. The van der Waals surface area contributed by atoms with Crippen molar-refractivity contribution in [3.63, 3.8) is 0 Å². The van der Waals surface area contributed by atoms with E-state index in [-0.39, 0.29) is 0 Å². The molecule has 25 heavy (non-hydrogen) atoms. The second-order valence-corrected chi connectivity index (χ2v) is 9.31. The molecule has 142 valence electrons. The fourth-order valence-electron chi connectivity index (χ4n) is 5.16. The summed E-state index contributed by atoms with van der Waals surface area (Å²) in [5, 5.41) is 7.16. The van der Waals surface area contributed by atoms with Crippen molar-refractivity contribution in [2.45, 2.75) is 75.7 Å². The largest absolute Gasteiger partial charge is 0.373 e. The van der Waals surface area contributed by atoms with Crippen LogP contribution < -0.4 is 10.6 Å². The zero-order valence-corrected chi connectivity index (χ0v) is 16.5. The van der Waals surface area contributed by atoms with Crippen molar-refractivity contribution >= 4 is 17.7 Å². The summed E-state index contributed by atoms with van der Waals surface area (Å²) >= 11 is 2.10. The van der Waals surface area contributed by atoms with Gasteiger partial charge in [-0.3, -0.25) is 9.89 Å². The van der Waals surface area contributed by atoms with Crippen molar-refractivity contribution in [1.82, 2.24) is 15.5 Å². The van der Waals surface area contributed by atoms with Gasteiger partial charge in [0.1, 0.15) is 0 Å². The number of hydrogen-bond acceptors (Lipinski definition) is 4. The number of fused-ring (bicyclic) bond motifs is 2. The predicted octanol–water partition coefficient (Wildman–Crippen LogP) is 2.22. The summed E-state index contributed by atoms with van der Waals surface area (Å²) in [4.78, 5) is 7.83. The van der Waals surface area contributed by atoms with E-state index in [0.29, 0.717) is 23.8 Å². The van der Waals surface area contributed by atoms with Gasteiger partial charge in [0.05, 0.1) is 24.8 Å². The maximum atomic E-state index is 6.00. The Balaban J connectivity index is 1.42. The Morgan fingerprint density at radius 3 is 2.68 bits per heavy atom. The second kappa shape index (κ2) is 8.05. The average Bonchev–Trinajstić information content (AvgIpc) is 3.38. The molecule has 3 saturated heterocycles. The third-order valence-corrected chi connectivity index (χ3v) is 7.46. The monoisotopic (exact) mass is 366 g/mol. The van der Waals surface area contributed by atoms with E-state index in [1.165, 1.54) is 63.1 Å². The molecule has 4 rings (SSSR count). The van der Waals surface area contributed by atoms with Gasteiger partial charge in [-0.1, -0.05) is 12.8 Å². The van der Waals surface area contributed by atoms with E-state index in [9.17, 15) is 0 Å². The number of nitrogens with zero attached hydrogens (tertiary/aromatic N) is 2. The van der Waals surface area contributed by atoms with Crippen LogP contribution in [0.25, 0.3) is 0 Å². The number of nitrogens with one attached hydrogen (secondary N) is 2. The first-order valence-corrected chi connectivity index (χ1v) is 11.5. The van der Waals surface area contributed by atoms with Crippen LogP contribution in [-0.4, -0.2) is 72.3 Å². The smallest absolute Gasteiger partial charge is 0.191 e. The highest BCUT2D eigenvalue weighted by molar-refractivity contribution is 7.99. The minimum atomic E-state index is 0.314. The number of ether oxygens (including phenoxy) is 1. The molecule has 4 aliphatic rings. The van der Waals surface area contributed by atoms with E-state index in [4.69, 9.17) is 9.73 Å². The van der Waals surface area contributed by atoms with Gasteiger partial charge in [-0.15, -0.1) is 0 Å². The summed E-state index contributed by atoms with van der Waals surface area (Å²) in [6, 6.07) is 0.447. The van der Waals surface area contributed by atoms with Crippen LogP contribution in [0.1, 0.15) is 51.9 Å². The highest BCUT2D eigenvalue weighted by Crippen LogP contribution is 2.37. The molecule has 6 heteroatoms. The first kappa shape index (κ1) is 17.9. The predicted molar refractivity (Wildman–Crippen MR) is 106 cm³/mol. The van der Waals surface area contributed by atoms with E-state index in [2.05, 4.69) is 34.2 Å². The van der Waals surface area contributed by atoms with Gasteiger partial charge >= 0.3 is 0 Å². The van der Waals surface area contributed by atoms with Gasteiger partial charge in [0.2, 0.25) is 0 Å². The van der Waals surface area contributed by atoms with Crippen LogP contribution in [0.3, 0.4) is 0 Å². The minimum absolute atomic E-state index is 0.314. The molecule has 3 unspecified atom stereocenters. The number of guanidine groups is 1. The molecular formula is C19H34N4OS. The molecule has 4 fully saturated rings. The van der Waals surface area contributed by atoms with E-state index in [1.54, 1.807) is 0 Å². The van der Waals surface area contributed by atoms with E-state index in [0.717, 1.165) is 25.5 Å². The average molecular weight is 367 g/mol. The fourth-order valence-corrected chi connectivity index (χ4v) is 6.06. The van der Waals surface area contributed by atoms with Gasteiger partial charge in [0, 0.05) is 36.7 Å². The molecule has 0 aromatic rings. The van der Waals surface area contributed by atoms with Gasteiger partial charge in [0.15, 0.2) is 5.96 Å². The van der Waals surface area contributed by atoms with Crippen LogP contribution in [-0.2, 0) is 4.74 Å². The van der Waals surface area contributed by atoms with Crippen LogP contribution in [0.2, 0.25) is 0 Å². The highest BCUT2D eigenvalue weighted by Gasteiger charge is 2.42. The number of aliphatic imine (C=N–C) groups is 1. The zero-order valence-electron chi connectivity index (χ0n) is 15.6. The maximum Gasteiger partial charge on any atom is 0.191 e. The van der Waals surface area contributed by atoms with E-state index in [1.807, 2.05) is 0 Å². The minimum Gasteiger partial charge on any atom is -0.373 e. The van der Waals surface area contributed by atoms with Crippen LogP contribution in [0.15, 0.2) is 4.99 Å². The first-order valence-electron chi connectivity index (χ1n) is 10.3. The molecular weight excluding hydrogens is 332 g/mol. The van der Waals surface area contributed by atoms with Crippen LogP contribution in [0.5, 0.6) is 0 Å². The van der Waals surface area contributed by atoms with Crippen LogP contribution in [0.4, 0.5) is 0 Å². The third-order valence-electron chi connectivity index (χ3n) is 6.52. The molecule has 1 saturated carbocycles. The van der Waals surface area contributed by atoms with Crippen LogP contribution >= 0.6 is 11.8 Å². The summed E-state index contributed by atoms with van der Waals surface area (Å²) in [5.41, 5.74) is 0.314. The third kappa shape index (κ3) is 3.96. The number of rotatable bonds is 5. The topological polar surface area (TPSA) is 48.9 Å². The quantitative estimate of drug-likeness (QED) is 0.577. The van der Waals surface area contributed by atoms with Crippen molar-refractivity contribution in [3.8, 4) is 0 Å². The fraction of sp³-hybridized carbons (Fsp3) is 0.947. The highest BCUT2D eigenvalue weighted by atomic mass is 32.2.